The van der Waals surface area contributed by atoms with Gasteiger partial charge in [0, 0.05) is 23.3 Å². The Kier molecular flexibility index (Phi) is 7.09. The van der Waals surface area contributed by atoms with E-state index >= 15 is 26.3 Å². The fourth-order valence-electron chi connectivity index (χ4n) is 6.11. The van der Waals surface area contributed by atoms with Crippen LogP contribution >= 0.6 is 0 Å². The van der Waals surface area contributed by atoms with E-state index < -0.39 is 112 Å². The Labute approximate surface area is 269 Å². The van der Waals surface area contributed by atoms with E-state index in [1.165, 1.54) is 13.8 Å². The van der Waals surface area contributed by atoms with Crippen LogP contribution in [0, 0.1) is 0 Å². The van der Waals surface area contributed by atoms with Gasteiger partial charge in [0.1, 0.15) is 13.3 Å². The van der Waals surface area contributed by atoms with Crippen molar-refractivity contribution in [3.63, 3.8) is 0 Å². The van der Waals surface area contributed by atoms with Crippen molar-refractivity contribution in [2.75, 3.05) is 13.3 Å². The zero-order valence-electron chi connectivity index (χ0n) is 24.9. The van der Waals surface area contributed by atoms with E-state index in [4.69, 9.17) is 0 Å². The molecule has 8 amide bonds. The molecule has 0 aliphatic carbocycles. The molecule has 4 aliphatic rings. The molecule has 252 valence electrons. The molecule has 0 spiro atoms. The number of amides is 8. The number of hydrogen-bond donors (Lipinski definition) is 0. The smallest absolute Gasteiger partial charge is 0.269 e. The first kappa shape index (κ1) is 33.0. The molecule has 4 aliphatic heterocycles. The molecule has 2 aromatic carbocycles. The van der Waals surface area contributed by atoms with Crippen LogP contribution in [0.3, 0.4) is 0 Å². The Bertz CT molecular complexity index is 1920. The highest BCUT2D eigenvalue weighted by atomic mass is 19.4. The van der Waals surface area contributed by atoms with Crippen molar-refractivity contribution in [3.05, 3.63) is 93.1 Å². The summed E-state index contributed by atoms with van der Waals surface area (Å²) < 4.78 is 90.1. The van der Waals surface area contributed by atoms with Gasteiger partial charge in [0.25, 0.3) is 47.3 Å². The van der Waals surface area contributed by atoms with E-state index in [1.54, 1.807) is 0 Å². The van der Waals surface area contributed by atoms with Crippen LogP contribution in [0.4, 0.5) is 26.3 Å². The fourth-order valence-corrected chi connectivity index (χ4v) is 6.11. The Morgan fingerprint density at radius 3 is 1.08 bits per heavy atom. The van der Waals surface area contributed by atoms with Gasteiger partial charge in [0.05, 0.1) is 22.3 Å². The topological polar surface area (TPSA) is 150 Å². The predicted molar refractivity (Wildman–Crippen MR) is 148 cm³/mol. The van der Waals surface area contributed by atoms with Crippen molar-refractivity contribution < 1.29 is 64.7 Å². The molecule has 4 heterocycles. The van der Waals surface area contributed by atoms with Crippen molar-refractivity contribution in [3.8, 4) is 0 Å². The second kappa shape index (κ2) is 10.5. The second-order valence-corrected chi connectivity index (χ2v) is 11.4. The first-order valence-electron chi connectivity index (χ1n) is 14.0. The van der Waals surface area contributed by atoms with Gasteiger partial charge in [0.15, 0.2) is 0 Å². The monoisotopic (exact) mass is 688 g/mol. The lowest BCUT2D eigenvalue weighted by Crippen LogP contribution is -2.55. The van der Waals surface area contributed by atoms with Gasteiger partial charge in [-0.05, 0) is 49.2 Å². The van der Waals surface area contributed by atoms with Crippen LogP contribution in [0.5, 0.6) is 0 Å². The summed E-state index contributed by atoms with van der Waals surface area (Å²) in [6.07, 6.45) is -10.6. The van der Waals surface area contributed by atoms with E-state index in [-0.39, 0.29) is 23.3 Å². The summed E-state index contributed by atoms with van der Waals surface area (Å²) in [6.45, 7) is 0.629. The highest BCUT2D eigenvalue weighted by Gasteiger charge is 2.73. The minimum absolute atomic E-state index is 0.0354. The maximum Gasteiger partial charge on any atom is 0.411 e. The number of carbonyl (C=O) groups excluding carboxylic acids is 8. The number of fused-ring (bicyclic) bond motifs is 2. The van der Waals surface area contributed by atoms with E-state index in [2.05, 4.69) is 0 Å². The molecule has 49 heavy (non-hydrogen) atoms. The molecule has 0 radical (unpaired) electrons. The maximum atomic E-state index is 15.0. The molecule has 2 aromatic rings. The zero-order valence-corrected chi connectivity index (χ0v) is 24.9. The number of hydrogen-bond acceptors (Lipinski definition) is 8. The molecule has 0 atom stereocenters. The number of nitrogens with zero attached hydrogens (tertiary/aromatic N) is 4. The average molecular weight is 688 g/mol. The zero-order chi connectivity index (χ0) is 36.1. The van der Waals surface area contributed by atoms with Crippen LogP contribution in [0.15, 0.2) is 59.7 Å². The van der Waals surface area contributed by atoms with Crippen molar-refractivity contribution in [1.29, 1.82) is 0 Å². The standard InChI is InChI=1S/C31H18F6N4O8/c1-13-7-21(42)38(23(13)44)11-40-25(46)17-5-3-15(9-19(17)27(40)48)29(30(32,33)34,31(35,36)37)16-4-6-18-20(10-16)28(49)41(26(18)47)12-39-22(43)8-14(2)24(39)45/h3-10H,11-12H2,1-2H3. The third kappa shape index (κ3) is 4.53. The molecule has 18 heteroatoms. The minimum Gasteiger partial charge on any atom is -0.269 e. The highest BCUT2D eigenvalue weighted by Crippen LogP contribution is 2.57. The van der Waals surface area contributed by atoms with Crippen molar-refractivity contribution >= 4 is 47.3 Å². The van der Waals surface area contributed by atoms with Gasteiger partial charge in [-0.2, -0.15) is 26.3 Å². The molecular weight excluding hydrogens is 670 g/mol. The Morgan fingerprint density at radius 2 is 0.796 bits per heavy atom. The summed E-state index contributed by atoms with van der Waals surface area (Å²) in [4.78, 5) is 103. The molecule has 0 fully saturated rings. The van der Waals surface area contributed by atoms with E-state index in [0.717, 1.165) is 12.2 Å². The van der Waals surface area contributed by atoms with E-state index in [9.17, 15) is 38.4 Å². The molecular formula is C31H18F6N4O8. The van der Waals surface area contributed by atoms with Gasteiger partial charge in [-0.3, -0.25) is 58.0 Å². The van der Waals surface area contributed by atoms with Gasteiger partial charge >= 0.3 is 12.4 Å². The van der Waals surface area contributed by atoms with Gasteiger partial charge < -0.3 is 0 Å². The molecule has 0 N–H and O–H groups in total. The molecule has 12 nitrogen and oxygen atoms in total. The minimum atomic E-state index is -6.22. The van der Waals surface area contributed by atoms with Gasteiger partial charge in [-0.1, -0.05) is 12.1 Å². The molecule has 0 saturated carbocycles. The Balaban J connectivity index is 1.42. The fraction of sp³-hybridized carbons (Fsp3) is 0.226. The number of alkyl halides is 6. The van der Waals surface area contributed by atoms with Crippen molar-refractivity contribution in [2.45, 2.75) is 31.6 Å². The first-order chi connectivity index (χ1) is 22.7. The largest absolute Gasteiger partial charge is 0.411 e. The first-order valence-corrected chi connectivity index (χ1v) is 14.0. The number of imide groups is 4. The summed E-state index contributed by atoms with van der Waals surface area (Å²) in [5, 5.41) is 0. The van der Waals surface area contributed by atoms with Crippen molar-refractivity contribution in [1.82, 2.24) is 19.6 Å². The van der Waals surface area contributed by atoms with Crippen LogP contribution in [-0.4, -0.2) is 92.5 Å². The summed E-state index contributed by atoms with van der Waals surface area (Å²) in [7, 11) is 0. The molecule has 0 aromatic heterocycles. The third-order valence-corrected chi connectivity index (χ3v) is 8.60. The van der Waals surface area contributed by atoms with Crippen LogP contribution in [0.1, 0.15) is 66.4 Å². The normalized spacial score (nSPS) is 18.4. The third-order valence-electron chi connectivity index (χ3n) is 8.60. The van der Waals surface area contributed by atoms with Crippen molar-refractivity contribution in [2.24, 2.45) is 0 Å². The van der Waals surface area contributed by atoms with Gasteiger partial charge in [0.2, 0.25) is 5.41 Å². The van der Waals surface area contributed by atoms with Gasteiger partial charge in [-0.25, -0.2) is 0 Å². The number of rotatable bonds is 6. The van der Waals surface area contributed by atoms with Crippen LogP contribution < -0.4 is 0 Å². The predicted octanol–water partition coefficient (Wildman–Crippen LogP) is 2.83. The summed E-state index contributed by atoms with van der Waals surface area (Å²) in [5.74, 6) is -8.69. The SMILES string of the molecule is CC1=CC(=O)N(CN2C(=O)c3ccc(C(c4ccc5c(c4)C(=O)N(CN4C(=O)C=C(C)C4=O)C5=O)(C(F)(F)F)C(F)(F)F)cc3C2=O)C1=O. The highest BCUT2D eigenvalue weighted by molar-refractivity contribution is 6.23. The summed E-state index contributed by atoms with van der Waals surface area (Å²) >= 11 is 0. The Morgan fingerprint density at radius 1 is 0.469 bits per heavy atom. The number of halogens is 6. The summed E-state index contributed by atoms with van der Waals surface area (Å²) in [5.41, 5.74) is -11.1. The van der Waals surface area contributed by atoms with Crippen LogP contribution in [-0.2, 0) is 24.6 Å². The lowest BCUT2D eigenvalue weighted by molar-refractivity contribution is -0.288. The summed E-state index contributed by atoms with van der Waals surface area (Å²) in [6, 6.07) is 2.24. The number of benzene rings is 2. The average Bonchev–Trinajstić information content (AvgIpc) is 3.59. The maximum absolute atomic E-state index is 15.0. The van der Waals surface area contributed by atoms with E-state index in [0.29, 0.717) is 43.9 Å². The van der Waals surface area contributed by atoms with Gasteiger partial charge in [-0.15, -0.1) is 0 Å². The second-order valence-electron chi connectivity index (χ2n) is 11.4. The lowest BCUT2D eigenvalue weighted by atomic mass is 9.71. The molecule has 0 saturated heterocycles. The van der Waals surface area contributed by atoms with E-state index in [1.807, 2.05) is 0 Å². The van der Waals surface area contributed by atoms with Crippen LogP contribution in [0.2, 0.25) is 0 Å². The number of carbonyl (C=O) groups is 8. The quantitative estimate of drug-likeness (QED) is 0.333. The van der Waals surface area contributed by atoms with Crippen LogP contribution in [0.25, 0.3) is 0 Å². The molecule has 0 bridgehead atoms. The lowest BCUT2D eigenvalue weighted by Gasteiger charge is -2.38. The molecule has 6 rings (SSSR count). The Hall–Kier alpha value is -5.94. The molecule has 0 unspecified atom stereocenters.